The molecule has 0 saturated heterocycles. The fourth-order valence-electron chi connectivity index (χ4n) is 3.87. The zero-order valence-corrected chi connectivity index (χ0v) is 16.2. The minimum Gasteiger partial charge on any atom is -0.506 e. The Balaban J connectivity index is 1.46. The molecule has 2 aromatic heterocycles. The summed E-state index contributed by atoms with van der Waals surface area (Å²) in [5.74, 6) is 0.603. The Bertz CT molecular complexity index is 1670. The molecule has 1 aliphatic heterocycles. The van der Waals surface area contributed by atoms with E-state index in [0.717, 1.165) is 22.1 Å². The lowest BCUT2D eigenvalue weighted by Crippen LogP contribution is -2.14. The summed E-state index contributed by atoms with van der Waals surface area (Å²) < 4.78 is 11.4. The maximum atomic E-state index is 12.6. The highest BCUT2D eigenvalue weighted by atomic mass is 16.4. The van der Waals surface area contributed by atoms with Crippen LogP contribution in [0.25, 0.3) is 45.2 Å². The molecule has 5 heteroatoms. The van der Waals surface area contributed by atoms with Gasteiger partial charge in [-0.05, 0) is 29.0 Å². The van der Waals surface area contributed by atoms with Crippen LogP contribution in [0.15, 0.2) is 97.1 Å². The van der Waals surface area contributed by atoms with E-state index in [9.17, 15) is 9.90 Å². The number of aromatic hydroxyl groups is 1. The molecule has 0 atom stereocenters. The van der Waals surface area contributed by atoms with Crippen LogP contribution >= 0.6 is 0 Å². The Morgan fingerprint density at radius 3 is 2.39 bits per heavy atom. The molecule has 6 rings (SSSR count). The summed E-state index contributed by atoms with van der Waals surface area (Å²) in [5, 5.41) is 13.9. The summed E-state index contributed by atoms with van der Waals surface area (Å²) in [5.41, 5.74) is 1.87. The summed E-state index contributed by atoms with van der Waals surface area (Å²) in [6, 6.07) is 22.9. The lowest BCUT2D eigenvalue weighted by molar-refractivity contribution is 0.466. The third-order valence-electron chi connectivity index (χ3n) is 5.40. The molecule has 1 aliphatic rings. The predicted molar refractivity (Wildman–Crippen MR) is 119 cm³/mol. The van der Waals surface area contributed by atoms with Gasteiger partial charge in [-0.15, -0.1) is 0 Å². The standard InChI is InChI=1S/C26H15NO4/c28-25-19-10-16-8-4-5-9-17(16)11-23(19)31-26(29)20(25)12-18-13-24-21(27-18)14-22(30-24)15-6-2-1-3-7-15/h1-14,28H. The Kier molecular flexibility index (Phi) is 3.70. The van der Waals surface area contributed by atoms with E-state index in [-0.39, 0.29) is 11.3 Å². The van der Waals surface area contributed by atoms with Gasteiger partial charge in [0.25, 0.3) is 0 Å². The molecule has 0 unspecified atom stereocenters. The van der Waals surface area contributed by atoms with E-state index in [0.29, 0.717) is 27.4 Å². The molecule has 3 heterocycles. The minimum absolute atomic E-state index is 0.0613. The van der Waals surface area contributed by atoms with Crippen LogP contribution in [0.3, 0.4) is 0 Å². The van der Waals surface area contributed by atoms with E-state index >= 15 is 0 Å². The quantitative estimate of drug-likeness (QED) is 0.350. The molecule has 148 valence electrons. The lowest BCUT2D eigenvalue weighted by Gasteiger charge is -2.05. The molecule has 0 amide bonds. The van der Waals surface area contributed by atoms with Crippen molar-refractivity contribution in [1.29, 1.82) is 0 Å². The van der Waals surface area contributed by atoms with Gasteiger partial charge < -0.3 is 13.9 Å². The highest BCUT2D eigenvalue weighted by molar-refractivity contribution is 5.99. The van der Waals surface area contributed by atoms with Gasteiger partial charge in [0.05, 0.1) is 11.1 Å². The molecule has 0 bridgehead atoms. The van der Waals surface area contributed by atoms with E-state index < -0.39 is 5.63 Å². The van der Waals surface area contributed by atoms with Crippen LogP contribution in [0.5, 0.6) is 5.75 Å². The third kappa shape index (κ3) is 2.87. The van der Waals surface area contributed by atoms with Crippen molar-refractivity contribution in [3.63, 3.8) is 0 Å². The average molecular weight is 405 g/mol. The van der Waals surface area contributed by atoms with Crippen molar-refractivity contribution in [2.45, 2.75) is 0 Å². The Morgan fingerprint density at radius 2 is 1.61 bits per heavy atom. The Morgan fingerprint density at radius 1 is 0.871 bits per heavy atom. The van der Waals surface area contributed by atoms with Gasteiger partial charge in [-0.2, -0.15) is 0 Å². The van der Waals surface area contributed by atoms with E-state index in [1.54, 1.807) is 12.1 Å². The van der Waals surface area contributed by atoms with E-state index in [1.165, 1.54) is 6.08 Å². The van der Waals surface area contributed by atoms with Crippen molar-refractivity contribution in [1.82, 2.24) is 0 Å². The first-order valence-corrected chi connectivity index (χ1v) is 9.82. The minimum atomic E-state index is -0.620. The molecule has 0 saturated carbocycles. The van der Waals surface area contributed by atoms with E-state index in [4.69, 9.17) is 8.83 Å². The second kappa shape index (κ2) is 6.57. The second-order valence-corrected chi connectivity index (χ2v) is 7.40. The first kappa shape index (κ1) is 17.5. The van der Waals surface area contributed by atoms with Crippen molar-refractivity contribution in [3.05, 3.63) is 105 Å². The van der Waals surface area contributed by atoms with Crippen LogP contribution < -0.4 is 16.4 Å². The van der Waals surface area contributed by atoms with Crippen LogP contribution in [-0.2, 0) is 0 Å². The second-order valence-electron chi connectivity index (χ2n) is 7.40. The van der Waals surface area contributed by atoms with Gasteiger partial charge in [0.1, 0.15) is 28.0 Å². The Hall–Kier alpha value is -4.38. The van der Waals surface area contributed by atoms with Gasteiger partial charge in [-0.1, -0.05) is 54.6 Å². The zero-order chi connectivity index (χ0) is 20.9. The van der Waals surface area contributed by atoms with Crippen molar-refractivity contribution < 1.29 is 13.9 Å². The highest BCUT2D eigenvalue weighted by Crippen LogP contribution is 2.31. The number of furan rings is 1. The number of fused-ring (bicyclic) bond motifs is 3. The number of allylic oxidation sites excluding steroid dienone is 1. The van der Waals surface area contributed by atoms with Crippen molar-refractivity contribution in [2.24, 2.45) is 4.99 Å². The molecule has 0 radical (unpaired) electrons. The van der Waals surface area contributed by atoms with Crippen LogP contribution in [0.4, 0.5) is 0 Å². The fraction of sp³-hybridized carbons (Fsp3) is 0. The summed E-state index contributed by atoms with van der Waals surface area (Å²) in [6.07, 6.45) is 3.26. The van der Waals surface area contributed by atoms with E-state index in [1.807, 2.05) is 66.7 Å². The van der Waals surface area contributed by atoms with Gasteiger partial charge in [0.2, 0.25) is 0 Å². The van der Waals surface area contributed by atoms with Crippen molar-refractivity contribution >= 4 is 33.9 Å². The molecule has 5 nitrogen and oxygen atoms in total. The Labute approximate surface area is 175 Å². The summed E-state index contributed by atoms with van der Waals surface area (Å²) >= 11 is 0. The first-order chi connectivity index (χ1) is 15.2. The van der Waals surface area contributed by atoms with Gasteiger partial charge in [0, 0.05) is 17.7 Å². The monoisotopic (exact) mass is 405 g/mol. The molecular weight excluding hydrogens is 390 g/mol. The van der Waals surface area contributed by atoms with Gasteiger partial charge in [-0.3, -0.25) is 0 Å². The largest absolute Gasteiger partial charge is 0.506 e. The van der Waals surface area contributed by atoms with Gasteiger partial charge in [-0.25, -0.2) is 9.79 Å². The molecular formula is C26H15NO4. The van der Waals surface area contributed by atoms with Crippen LogP contribution in [0.2, 0.25) is 0 Å². The maximum Gasteiger partial charge on any atom is 0.347 e. The summed E-state index contributed by atoms with van der Waals surface area (Å²) in [6.45, 7) is 0. The van der Waals surface area contributed by atoms with Gasteiger partial charge >= 0.3 is 5.63 Å². The van der Waals surface area contributed by atoms with Crippen LogP contribution in [0.1, 0.15) is 5.56 Å². The third-order valence-corrected chi connectivity index (χ3v) is 5.40. The maximum absolute atomic E-state index is 12.6. The molecule has 5 aromatic rings. The molecule has 0 spiro atoms. The SMILES string of the molecule is O=c1oc2cc3ccccc3cc2c(O)c1C=C1C=c2oc(-c3ccccc3)cc2=N1. The first-order valence-electron chi connectivity index (χ1n) is 9.82. The smallest absolute Gasteiger partial charge is 0.347 e. The van der Waals surface area contributed by atoms with Crippen molar-refractivity contribution in [2.75, 3.05) is 0 Å². The predicted octanol–water partition coefficient (Wildman–Crippen LogP) is 4.37. The zero-order valence-electron chi connectivity index (χ0n) is 16.2. The average Bonchev–Trinajstić information content (AvgIpc) is 3.35. The molecule has 1 N–H and O–H groups in total. The van der Waals surface area contributed by atoms with Crippen molar-refractivity contribution in [3.8, 4) is 17.1 Å². The highest BCUT2D eigenvalue weighted by Gasteiger charge is 2.15. The van der Waals surface area contributed by atoms with Crippen LogP contribution in [-0.4, -0.2) is 5.11 Å². The molecule has 3 aromatic carbocycles. The topological polar surface area (TPSA) is 75.9 Å². The molecule has 0 fully saturated rings. The molecule has 31 heavy (non-hydrogen) atoms. The number of hydrogen-bond acceptors (Lipinski definition) is 5. The normalized spacial score (nSPS) is 14.0. The van der Waals surface area contributed by atoms with E-state index in [2.05, 4.69) is 4.99 Å². The number of hydrogen-bond donors (Lipinski definition) is 1. The van der Waals surface area contributed by atoms with Gasteiger partial charge in [0.15, 0.2) is 5.42 Å². The fourth-order valence-corrected chi connectivity index (χ4v) is 3.87. The number of rotatable bonds is 2. The summed E-state index contributed by atoms with van der Waals surface area (Å²) in [4.78, 5) is 17.1. The lowest BCUT2D eigenvalue weighted by atomic mass is 10.1. The summed E-state index contributed by atoms with van der Waals surface area (Å²) in [7, 11) is 0. The number of benzene rings is 3. The van der Waals surface area contributed by atoms with Crippen LogP contribution in [0, 0.1) is 0 Å². The number of nitrogens with zero attached hydrogens (tertiary/aromatic N) is 1. The molecule has 0 aliphatic carbocycles.